The van der Waals surface area contributed by atoms with E-state index in [1.54, 1.807) is 0 Å². The number of hydrogen-bond donors (Lipinski definition) is 8. The normalized spacial score (nSPS) is 29.9. The van der Waals surface area contributed by atoms with Gasteiger partial charge in [0, 0.05) is 18.3 Å². The molecule has 0 spiro atoms. The molecule has 9 N–H and O–H groups in total. The Labute approximate surface area is 163 Å². The predicted molar refractivity (Wildman–Crippen MR) is 95.0 cm³/mol. The molecule has 0 radical (unpaired) electrons. The van der Waals surface area contributed by atoms with Crippen molar-refractivity contribution in [3.63, 3.8) is 0 Å². The first-order chi connectivity index (χ1) is 13.5. The fraction of sp³-hybridized carbons (Fsp3) is 0.714. The molecule has 1 saturated heterocycles. The van der Waals surface area contributed by atoms with E-state index in [0.29, 0.717) is 0 Å². The van der Waals surface area contributed by atoms with Gasteiger partial charge in [0.25, 0.3) is 5.56 Å². The molecular formula is C14H24N3O11P. The van der Waals surface area contributed by atoms with Gasteiger partial charge in [-0.15, -0.1) is 0 Å². The van der Waals surface area contributed by atoms with Gasteiger partial charge in [0.1, 0.15) is 24.4 Å². The van der Waals surface area contributed by atoms with Gasteiger partial charge in [0.05, 0.1) is 25.5 Å². The molecule has 29 heavy (non-hydrogen) atoms. The molecule has 1 aromatic rings. The van der Waals surface area contributed by atoms with Crippen LogP contribution in [0.2, 0.25) is 0 Å². The molecule has 15 heteroatoms. The minimum Gasteiger partial charge on any atom is -0.394 e. The largest absolute Gasteiger partial charge is 0.394 e. The molecule has 0 saturated carbocycles. The zero-order valence-electron chi connectivity index (χ0n) is 15.0. The minimum atomic E-state index is -4.43. The maximum Gasteiger partial charge on any atom is 0.330 e. The Morgan fingerprint density at radius 1 is 1.31 bits per heavy atom. The molecule has 0 aromatic carbocycles. The molecule has 1 aromatic heterocycles. The first-order valence-electron chi connectivity index (χ1n) is 8.49. The van der Waals surface area contributed by atoms with Crippen LogP contribution in [0.1, 0.15) is 6.23 Å². The number of aromatic amines is 1. The minimum absolute atomic E-state index is 0.675. The Morgan fingerprint density at radius 3 is 2.55 bits per heavy atom. The van der Waals surface area contributed by atoms with Crippen LogP contribution in [0.25, 0.3) is 0 Å². The van der Waals surface area contributed by atoms with Crippen molar-refractivity contribution in [1.82, 2.24) is 9.55 Å². The zero-order valence-corrected chi connectivity index (χ0v) is 15.9. The van der Waals surface area contributed by atoms with Crippen molar-refractivity contribution in [3.05, 3.63) is 33.1 Å². The number of aromatic nitrogens is 2. The topological polar surface area (TPSA) is 238 Å². The summed E-state index contributed by atoms with van der Waals surface area (Å²) in [5.74, 6) is 0. The van der Waals surface area contributed by atoms with Gasteiger partial charge in [-0.25, -0.2) is 4.79 Å². The maximum absolute atomic E-state index is 12.1. The highest BCUT2D eigenvalue weighted by Gasteiger charge is 2.45. The summed E-state index contributed by atoms with van der Waals surface area (Å²) < 4.78 is 23.1. The van der Waals surface area contributed by atoms with E-state index in [-0.39, 0.29) is 0 Å². The first-order valence-corrected chi connectivity index (χ1v) is 10.2. The van der Waals surface area contributed by atoms with E-state index in [2.05, 4.69) is 0 Å². The molecule has 1 fully saturated rings. The number of hydrogen-bond acceptors (Lipinski definition) is 11. The van der Waals surface area contributed by atoms with E-state index in [1.807, 2.05) is 4.98 Å². The molecule has 2 rings (SSSR count). The molecule has 0 aliphatic carbocycles. The van der Waals surface area contributed by atoms with Crippen molar-refractivity contribution in [3.8, 4) is 0 Å². The third kappa shape index (κ3) is 5.79. The molecule has 166 valence electrons. The molecule has 0 amide bonds. The van der Waals surface area contributed by atoms with E-state index < -0.39 is 81.0 Å². The number of nitrogens with one attached hydrogen (secondary N) is 1. The van der Waals surface area contributed by atoms with Crippen LogP contribution in [0, 0.1) is 0 Å². The second kappa shape index (κ2) is 9.57. The van der Waals surface area contributed by atoms with E-state index in [4.69, 9.17) is 20.1 Å². The molecule has 14 nitrogen and oxygen atoms in total. The van der Waals surface area contributed by atoms with Gasteiger partial charge >= 0.3 is 13.3 Å². The summed E-state index contributed by atoms with van der Waals surface area (Å²) in [6.45, 7) is -1.48. The molecule has 1 aliphatic rings. The maximum atomic E-state index is 12.1. The Hall–Kier alpha value is -1.45. The van der Waals surface area contributed by atoms with Crippen LogP contribution in [0.15, 0.2) is 21.9 Å². The number of aliphatic hydroxyl groups excluding tert-OH is 5. The van der Waals surface area contributed by atoms with Crippen LogP contribution in [0.4, 0.5) is 0 Å². The fourth-order valence-corrected chi connectivity index (χ4v) is 3.97. The second-order valence-electron chi connectivity index (χ2n) is 6.58. The van der Waals surface area contributed by atoms with Crippen LogP contribution < -0.4 is 17.0 Å². The van der Waals surface area contributed by atoms with E-state index in [9.17, 15) is 39.5 Å². The third-order valence-corrected chi connectivity index (χ3v) is 5.80. The van der Waals surface area contributed by atoms with Crippen molar-refractivity contribution in [1.29, 1.82) is 0 Å². The predicted octanol–water partition coefficient (Wildman–Crippen LogP) is -4.60. The van der Waals surface area contributed by atoms with Crippen molar-refractivity contribution >= 4 is 7.60 Å². The van der Waals surface area contributed by atoms with Crippen molar-refractivity contribution in [2.75, 3.05) is 19.4 Å². The van der Waals surface area contributed by atoms with E-state index in [0.717, 1.165) is 16.8 Å². The Balaban J connectivity index is 2.00. The van der Waals surface area contributed by atoms with E-state index >= 15 is 0 Å². The van der Waals surface area contributed by atoms with Crippen molar-refractivity contribution < 1.29 is 44.3 Å². The van der Waals surface area contributed by atoms with Crippen LogP contribution in [-0.2, 0) is 13.8 Å². The third-order valence-electron chi connectivity index (χ3n) is 4.36. The number of rotatable bonds is 9. The van der Waals surface area contributed by atoms with Gasteiger partial charge in [-0.3, -0.25) is 18.9 Å². The lowest BCUT2D eigenvalue weighted by molar-refractivity contribution is -0.0528. The van der Waals surface area contributed by atoms with Crippen LogP contribution in [-0.4, -0.2) is 95.9 Å². The Morgan fingerprint density at radius 2 is 1.97 bits per heavy atom. The first kappa shape index (κ1) is 23.8. The summed E-state index contributed by atoms with van der Waals surface area (Å²) in [7, 11) is -4.43. The van der Waals surface area contributed by atoms with Crippen molar-refractivity contribution in [2.24, 2.45) is 5.73 Å². The van der Waals surface area contributed by atoms with Gasteiger partial charge in [-0.1, -0.05) is 0 Å². The van der Waals surface area contributed by atoms with Crippen LogP contribution in [0.5, 0.6) is 0 Å². The number of nitrogens with zero attached hydrogens (tertiary/aromatic N) is 1. The number of H-pyrrole nitrogens is 1. The summed E-state index contributed by atoms with van der Waals surface area (Å²) in [4.78, 5) is 34.7. The average Bonchev–Trinajstić information content (AvgIpc) is 2.93. The smallest absolute Gasteiger partial charge is 0.330 e. The van der Waals surface area contributed by atoms with Gasteiger partial charge < -0.3 is 45.4 Å². The Kier molecular flexibility index (Phi) is 7.86. The lowest BCUT2D eigenvalue weighted by atomic mass is 10.1. The van der Waals surface area contributed by atoms with Gasteiger partial charge in [0.15, 0.2) is 6.23 Å². The average molecular weight is 441 g/mol. The number of nitrogens with two attached hydrogens (primary N) is 1. The molecule has 8 atom stereocenters. The quantitative estimate of drug-likeness (QED) is 0.169. The summed E-state index contributed by atoms with van der Waals surface area (Å²) >= 11 is 0. The lowest BCUT2D eigenvalue weighted by Crippen LogP contribution is -2.46. The molecule has 2 heterocycles. The Bertz CT molecular complexity index is 845. The number of aliphatic hydroxyl groups is 5. The SMILES string of the molecule is N[C@H](CP(=O)(O)OC[C@H]1O[C@@H](n2ccc(=O)[nH]c2=O)[C@H](O)[C@@H]1O)[C@H](O)[C@@H](O)CO. The summed E-state index contributed by atoms with van der Waals surface area (Å²) in [6, 6.07) is -0.399. The standard InChI is InChI=1S/C14H24N3O11P/c15-6(10(21)7(19)3-18)5-29(25,26)27-4-8-11(22)12(23)13(28-8)17-2-1-9(20)16-14(17)24/h1-2,6-8,10-13,18-19,21-23H,3-5,15H2,(H,25,26)(H,16,20,24)/t6-,7+,8-,10+,11-,12-,13-/m1/s1. The van der Waals surface area contributed by atoms with Crippen LogP contribution in [0.3, 0.4) is 0 Å². The molecular weight excluding hydrogens is 417 g/mol. The highest BCUT2D eigenvalue weighted by molar-refractivity contribution is 7.52. The highest BCUT2D eigenvalue weighted by atomic mass is 31.2. The van der Waals surface area contributed by atoms with Gasteiger partial charge in [-0.2, -0.15) is 0 Å². The van der Waals surface area contributed by atoms with E-state index in [1.165, 1.54) is 0 Å². The summed E-state index contributed by atoms with van der Waals surface area (Å²) in [6.07, 6.45) is -8.91. The lowest BCUT2D eigenvalue weighted by Gasteiger charge is -2.25. The van der Waals surface area contributed by atoms with Gasteiger partial charge in [0.2, 0.25) is 0 Å². The summed E-state index contributed by atoms with van der Waals surface area (Å²) in [5, 5.41) is 47.9. The second-order valence-corrected chi connectivity index (χ2v) is 8.48. The summed E-state index contributed by atoms with van der Waals surface area (Å²) in [5.41, 5.74) is 3.95. The number of ether oxygens (including phenoxy) is 1. The molecule has 0 bridgehead atoms. The van der Waals surface area contributed by atoms with Crippen LogP contribution >= 0.6 is 7.60 Å². The molecule has 1 aliphatic heterocycles. The zero-order chi connectivity index (χ0) is 21.9. The highest BCUT2D eigenvalue weighted by Crippen LogP contribution is 2.43. The molecule has 1 unspecified atom stereocenters. The van der Waals surface area contributed by atoms with Gasteiger partial charge in [-0.05, 0) is 0 Å². The monoisotopic (exact) mass is 441 g/mol. The fourth-order valence-electron chi connectivity index (χ4n) is 2.73. The van der Waals surface area contributed by atoms with Crippen molar-refractivity contribution in [2.45, 2.75) is 42.8 Å².